The lowest BCUT2D eigenvalue weighted by atomic mass is 10.1. The van der Waals surface area contributed by atoms with E-state index < -0.39 is 0 Å². The summed E-state index contributed by atoms with van der Waals surface area (Å²) in [6.07, 6.45) is 3.59. The predicted octanol–water partition coefficient (Wildman–Crippen LogP) is 3.26. The van der Waals surface area contributed by atoms with Crippen LogP contribution in [0.5, 0.6) is 5.75 Å². The number of benzene rings is 1. The third-order valence-corrected chi connectivity index (χ3v) is 3.29. The maximum absolute atomic E-state index is 5.76. The SMILES string of the molecule is CNCCCc1ncc(-c2ccc(Br)cc2OC)o1. The normalized spacial score (nSPS) is 10.7. The van der Waals surface area contributed by atoms with Gasteiger partial charge in [-0.2, -0.15) is 0 Å². The molecule has 0 amide bonds. The average Bonchev–Trinajstić information content (AvgIpc) is 2.87. The minimum absolute atomic E-state index is 0.740. The van der Waals surface area contributed by atoms with Crippen LogP contribution in [0.2, 0.25) is 0 Å². The van der Waals surface area contributed by atoms with Gasteiger partial charge < -0.3 is 14.5 Å². The zero-order chi connectivity index (χ0) is 13.7. The first-order valence-electron chi connectivity index (χ1n) is 6.18. The highest BCUT2D eigenvalue weighted by Crippen LogP contribution is 2.32. The van der Waals surface area contributed by atoms with Crippen molar-refractivity contribution in [2.45, 2.75) is 12.8 Å². The Balaban J connectivity index is 2.18. The van der Waals surface area contributed by atoms with E-state index in [1.807, 2.05) is 25.2 Å². The summed E-state index contributed by atoms with van der Waals surface area (Å²) in [7, 11) is 3.59. The molecular formula is C14H17BrN2O2. The molecule has 1 aromatic heterocycles. The number of nitrogens with one attached hydrogen (secondary N) is 1. The molecule has 0 aliphatic heterocycles. The number of rotatable bonds is 6. The molecule has 0 saturated carbocycles. The van der Waals surface area contributed by atoms with Crippen LogP contribution in [-0.4, -0.2) is 25.7 Å². The molecule has 0 radical (unpaired) electrons. The molecule has 102 valence electrons. The van der Waals surface area contributed by atoms with Gasteiger partial charge >= 0.3 is 0 Å². The van der Waals surface area contributed by atoms with E-state index in [-0.39, 0.29) is 0 Å². The maximum atomic E-state index is 5.76. The number of hydrogen-bond donors (Lipinski definition) is 1. The van der Waals surface area contributed by atoms with Crippen LogP contribution in [0.4, 0.5) is 0 Å². The molecule has 0 atom stereocenters. The molecule has 0 aliphatic carbocycles. The second-order valence-electron chi connectivity index (χ2n) is 4.17. The van der Waals surface area contributed by atoms with E-state index in [4.69, 9.17) is 9.15 Å². The standard InChI is InChI=1S/C14H17BrN2O2/c1-16-7-3-4-14-17-9-13(19-14)11-6-5-10(15)8-12(11)18-2/h5-6,8-9,16H,3-4,7H2,1-2H3. The molecule has 0 unspecified atom stereocenters. The number of aryl methyl sites for hydroxylation is 1. The van der Waals surface area contributed by atoms with Gasteiger partial charge in [0, 0.05) is 10.9 Å². The summed E-state index contributed by atoms with van der Waals surface area (Å²) in [5.41, 5.74) is 0.915. The van der Waals surface area contributed by atoms with E-state index in [0.29, 0.717) is 0 Å². The summed E-state index contributed by atoms with van der Waals surface area (Å²) in [5, 5.41) is 3.11. The molecule has 5 heteroatoms. The Hall–Kier alpha value is -1.33. The molecular weight excluding hydrogens is 308 g/mol. The van der Waals surface area contributed by atoms with Gasteiger partial charge in [0.15, 0.2) is 11.7 Å². The van der Waals surface area contributed by atoms with Crippen LogP contribution < -0.4 is 10.1 Å². The predicted molar refractivity (Wildman–Crippen MR) is 78.4 cm³/mol. The summed E-state index contributed by atoms with van der Waals surface area (Å²) >= 11 is 3.42. The lowest BCUT2D eigenvalue weighted by Gasteiger charge is -2.06. The Morgan fingerprint density at radius 1 is 1.42 bits per heavy atom. The van der Waals surface area contributed by atoms with Crippen molar-refractivity contribution in [1.82, 2.24) is 10.3 Å². The van der Waals surface area contributed by atoms with Gasteiger partial charge in [-0.1, -0.05) is 15.9 Å². The molecule has 0 spiro atoms. The molecule has 2 aromatic rings. The average molecular weight is 325 g/mol. The summed E-state index contributed by atoms with van der Waals surface area (Å²) in [6, 6.07) is 5.83. The van der Waals surface area contributed by atoms with Crippen LogP contribution in [0.3, 0.4) is 0 Å². The molecule has 0 aliphatic rings. The van der Waals surface area contributed by atoms with E-state index >= 15 is 0 Å². The highest BCUT2D eigenvalue weighted by Gasteiger charge is 2.11. The lowest BCUT2D eigenvalue weighted by Crippen LogP contribution is -2.08. The molecule has 19 heavy (non-hydrogen) atoms. The number of ether oxygens (including phenoxy) is 1. The number of methoxy groups -OCH3 is 1. The first-order valence-corrected chi connectivity index (χ1v) is 6.97. The van der Waals surface area contributed by atoms with Gasteiger partial charge in [0.1, 0.15) is 5.75 Å². The third kappa shape index (κ3) is 3.58. The second-order valence-corrected chi connectivity index (χ2v) is 5.09. The molecule has 0 saturated heterocycles. The van der Waals surface area contributed by atoms with Gasteiger partial charge in [-0.15, -0.1) is 0 Å². The zero-order valence-electron chi connectivity index (χ0n) is 11.1. The fourth-order valence-corrected chi connectivity index (χ4v) is 2.18. The van der Waals surface area contributed by atoms with Crippen LogP contribution in [0.25, 0.3) is 11.3 Å². The number of hydrogen-bond acceptors (Lipinski definition) is 4. The second kappa shape index (κ2) is 6.73. The van der Waals surface area contributed by atoms with Gasteiger partial charge in [-0.05, 0) is 38.2 Å². The molecule has 1 aromatic carbocycles. The van der Waals surface area contributed by atoms with E-state index in [1.54, 1.807) is 13.3 Å². The smallest absolute Gasteiger partial charge is 0.194 e. The lowest BCUT2D eigenvalue weighted by molar-refractivity contribution is 0.413. The van der Waals surface area contributed by atoms with Gasteiger partial charge in [0.2, 0.25) is 0 Å². The minimum Gasteiger partial charge on any atom is -0.496 e. The monoisotopic (exact) mass is 324 g/mol. The summed E-state index contributed by atoms with van der Waals surface area (Å²) in [5.74, 6) is 2.27. The van der Waals surface area contributed by atoms with Gasteiger partial charge in [-0.3, -0.25) is 0 Å². The number of halogens is 1. The maximum Gasteiger partial charge on any atom is 0.194 e. The van der Waals surface area contributed by atoms with E-state index in [9.17, 15) is 0 Å². The van der Waals surface area contributed by atoms with E-state index in [0.717, 1.165) is 46.8 Å². The number of oxazole rings is 1. The van der Waals surface area contributed by atoms with Gasteiger partial charge in [0.05, 0.1) is 18.9 Å². The first kappa shape index (κ1) is 14.1. The highest BCUT2D eigenvalue weighted by atomic mass is 79.9. The Bertz CT molecular complexity index is 540. The summed E-state index contributed by atoms with van der Waals surface area (Å²) < 4.78 is 12.1. The summed E-state index contributed by atoms with van der Waals surface area (Å²) in [6.45, 7) is 0.958. The van der Waals surface area contributed by atoms with Crippen molar-refractivity contribution in [3.63, 3.8) is 0 Å². The van der Waals surface area contributed by atoms with Crippen LogP contribution >= 0.6 is 15.9 Å². The third-order valence-electron chi connectivity index (χ3n) is 2.80. The van der Waals surface area contributed by atoms with Crippen LogP contribution in [0.1, 0.15) is 12.3 Å². The quantitative estimate of drug-likeness (QED) is 0.828. The Labute approximate surface area is 121 Å². The van der Waals surface area contributed by atoms with Crippen molar-refractivity contribution < 1.29 is 9.15 Å². The van der Waals surface area contributed by atoms with Gasteiger partial charge in [0.25, 0.3) is 0 Å². The van der Waals surface area contributed by atoms with Gasteiger partial charge in [-0.25, -0.2) is 4.98 Å². The Morgan fingerprint density at radius 3 is 3.00 bits per heavy atom. The molecule has 4 nitrogen and oxygen atoms in total. The van der Waals surface area contributed by atoms with Crippen LogP contribution in [-0.2, 0) is 6.42 Å². The van der Waals surface area contributed by atoms with Crippen molar-refractivity contribution >= 4 is 15.9 Å². The Morgan fingerprint density at radius 2 is 2.26 bits per heavy atom. The Kier molecular flexibility index (Phi) is 4.99. The zero-order valence-corrected chi connectivity index (χ0v) is 12.7. The van der Waals surface area contributed by atoms with Crippen LogP contribution in [0, 0.1) is 0 Å². The van der Waals surface area contributed by atoms with Crippen molar-refractivity contribution in [1.29, 1.82) is 0 Å². The van der Waals surface area contributed by atoms with Crippen molar-refractivity contribution in [3.05, 3.63) is 34.8 Å². The first-order chi connectivity index (χ1) is 9.24. The largest absolute Gasteiger partial charge is 0.496 e. The van der Waals surface area contributed by atoms with Crippen LogP contribution in [0.15, 0.2) is 33.3 Å². The summed E-state index contributed by atoms with van der Waals surface area (Å²) in [4.78, 5) is 4.30. The highest BCUT2D eigenvalue weighted by molar-refractivity contribution is 9.10. The van der Waals surface area contributed by atoms with Crippen molar-refractivity contribution in [2.24, 2.45) is 0 Å². The fraction of sp³-hybridized carbons (Fsp3) is 0.357. The van der Waals surface area contributed by atoms with E-state index in [1.165, 1.54) is 0 Å². The van der Waals surface area contributed by atoms with E-state index in [2.05, 4.69) is 26.2 Å². The van der Waals surface area contributed by atoms with Crippen molar-refractivity contribution in [3.8, 4) is 17.1 Å². The molecule has 1 heterocycles. The molecule has 1 N–H and O–H groups in total. The molecule has 0 bridgehead atoms. The fourth-order valence-electron chi connectivity index (χ4n) is 1.84. The molecule has 0 fully saturated rings. The molecule has 2 rings (SSSR count). The topological polar surface area (TPSA) is 47.3 Å². The number of nitrogens with zero attached hydrogens (tertiary/aromatic N) is 1. The number of aromatic nitrogens is 1. The van der Waals surface area contributed by atoms with Crippen molar-refractivity contribution in [2.75, 3.05) is 20.7 Å². The minimum atomic E-state index is 0.740.